The normalized spacial score (nSPS) is 22.6. The molecule has 1 aromatic carbocycles. The molecule has 0 radical (unpaired) electrons. The maximum atomic E-state index is 12.8. The Hall–Kier alpha value is -1.27. The van der Waals surface area contributed by atoms with Crippen LogP contribution in [0.2, 0.25) is 0 Å². The summed E-state index contributed by atoms with van der Waals surface area (Å²) in [4.78, 5) is 11.4. The molecule has 0 aliphatic heterocycles. The smallest absolute Gasteiger partial charge is 0.351 e. The molecule has 0 aromatic heterocycles. The van der Waals surface area contributed by atoms with Crippen molar-refractivity contribution in [3.63, 3.8) is 0 Å². The molecule has 3 atom stereocenters. The third-order valence-electron chi connectivity index (χ3n) is 3.20. The summed E-state index contributed by atoms with van der Waals surface area (Å²) >= 11 is 0. The molecule has 1 aliphatic rings. The van der Waals surface area contributed by atoms with E-state index < -0.39 is 17.8 Å². The molecule has 7 heteroatoms. The zero-order valence-corrected chi connectivity index (χ0v) is 11.6. The van der Waals surface area contributed by atoms with Crippen molar-refractivity contribution in [2.75, 3.05) is 0 Å². The summed E-state index contributed by atoms with van der Waals surface area (Å²) in [6.07, 6.45) is -3.85. The van der Waals surface area contributed by atoms with Gasteiger partial charge in [-0.05, 0) is 25.0 Å². The molecule has 1 aliphatic carbocycles. The van der Waals surface area contributed by atoms with Gasteiger partial charge < -0.3 is 11.1 Å². The van der Waals surface area contributed by atoms with E-state index in [4.69, 9.17) is 5.73 Å². The third kappa shape index (κ3) is 3.64. The van der Waals surface area contributed by atoms with Crippen LogP contribution in [0.5, 0.6) is 0 Å². The molecule has 0 saturated heterocycles. The molecule has 0 heterocycles. The summed E-state index contributed by atoms with van der Waals surface area (Å²) < 4.78 is 38.5. The van der Waals surface area contributed by atoms with Gasteiger partial charge >= 0.3 is 6.18 Å². The number of carbonyl (C=O) groups is 1. The molecule has 0 bridgehead atoms. The van der Waals surface area contributed by atoms with E-state index in [-0.39, 0.29) is 35.8 Å². The maximum Gasteiger partial charge on any atom is 0.416 e. The first-order chi connectivity index (χ1) is 8.80. The Morgan fingerprint density at radius 3 is 2.55 bits per heavy atom. The number of hydrogen-bond donors (Lipinski definition) is 2. The Morgan fingerprint density at radius 1 is 1.40 bits per heavy atom. The van der Waals surface area contributed by atoms with Crippen LogP contribution < -0.4 is 11.1 Å². The van der Waals surface area contributed by atoms with Gasteiger partial charge in [-0.25, -0.2) is 0 Å². The number of benzene rings is 1. The number of rotatable bonds is 3. The number of halogens is 4. The number of alkyl halides is 3. The van der Waals surface area contributed by atoms with Crippen LogP contribution in [0.25, 0.3) is 0 Å². The Labute approximate surface area is 121 Å². The second-order valence-electron chi connectivity index (χ2n) is 4.83. The van der Waals surface area contributed by atoms with Crippen LogP contribution in [0, 0.1) is 0 Å². The fourth-order valence-electron chi connectivity index (χ4n) is 2.09. The van der Waals surface area contributed by atoms with Gasteiger partial charge in [0.15, 0.2) is 0 Å². The average molecular weight is 309 g/mol. The molecule has 1 amide bonds. The van der Waals surface area contributed by atoms with Crippen LogP contribution in [-0.4, -0.2) is 18.0 Å². The third-order valence-corrected chi connectivity index (χ3v) is 3.20. The van der Waals surface area contributed by atoms with Crippen molar-refractivity contribution in [2.45, 2.75) is 37.5 Å². The molecular weight excluding hydrogens is 293 g/mol. The lowest BCUT2D eigenvalue weighted by Crippen LogP contribution is -2.39. The summed E-state index contributed by atoms with van der Waals surface area (Å²) in [5, 5.41) is 2.65. The van der Waals surface area contributed by atoms with Gasteiger partial charge in [0.1, 0.15) is 0 Å². The molecule has 2 rings (SSSR count). The van der Waals surface area contributed by atoms with Crippen LogP contribution in [0.3, 0.4) is 0 Å². The van der Waals surface area contributed by atoms with Gasteiger partial charge in [0.25, 0.3) is 0 Å². The zero-order chi connectivity index (χ0) is 14.2. The summed E-state index contributed by atoms with van der Waals surface area (Å²) in [6, 6.07) is 4.57. The van der Waals surface area contributed by atoms with Crippen molar-refractivity contribution >= 4 is 18.3 Å². The van der Waals surface area contributed by atoms with Crippen molar-refractivity contribution in [3.8, 4) is 0 Å². The van der Waals surface area contributed by atoms with Crippen molar-refractivity contribution in [1.29, 1.82) is 0 Å². The minimum atomic E-state index is -4.37. The van der Waals surface area contributed by atoms with Gasteiger partial charge in [0, 0.05) is 12.0 Å². The van der Waals surface area contributed by atoms with Gasteiger partial charge in [-0.2, -0.15) is 13.2 Å². The molecule has 3 nitrogen and oxygen atoms in total. The minimum Gasteiger partial charge on any atom is -0.351 e. The van der Waals surface area contributed by atoms with E-state index in [2.05, 4.69) is 5.32 Å². The quantitative estimate of drug-likeness (QED) is 0.901. The highest BCUT2D eigenvalue weighted by atomic mass is 35.5. The fourth-order valence-corrected chi connectivity index (χ4v) is 2.09. The number of hydrogen-bond acceptors (Lipinski definition) is 2. The topological polar surface area (TPSA) is 55.1 Å². The van der Waals surface area contributed by atoms with Crippen molar-refractivity contribution in [2.24, 2.45) is 5.73 Å². The highest BCUT2D eigenvalue weighted by molar-refractivity contribution is 5.85. The number of carbonyl (C=O) groups excluding carboxylic acids is 1. The van der Waals surface area contributed by atoms with Gasteiger partial charge in [-0.15, -0.1) is 12.4 Å². The second kappa shape index (κ2) is 6.01. The van der Waals surface area contributed by atoms with Crippen LogP contribution in [0.1, 0.15) is 30.4 Å². The molecule has 20 heavy (non-hydrogen) atoms. The summed E-state index contributed by atoms with van der Waals surface area (Å²) in [6.45, 7) is 1.54. The van der Waals surface area contributed by atoms with Gasteiger partial charge in [0.2, 0.25) is 5.91 Å². The lowest BCUT2D eigenvalue weighted by Gasteiger charge is -2.13. The van der Waals surface area contributed by atoms with Crippen LogP contribution >= 0.6 is 12.4 Å². The Kier molecular flexibility index (Phi) is 5.05. The number of nitrogens with one attached hydrogen (secondary N) is 1. The maximum absolute atomic E-state index is 12.8. The number of nitrogens with two attached hydrogens (primary N) is 1. The summed E-state index contributed by atoms with van der Waals surface area (Å²) in [5.41, 5.74) is 5.02. The minimum absolute atomic E-state index is 0. The Balaban J connectivity index is 0.00000200. The van der Waals surface area contributed by atoms with E-state index in [0.717, 1.165) is 6.07 Å². The molecule has 1 aromatic rings. The predicted octanol–water partition coefficient (Wildman–Crippen LogP) is 2.45. The lowest BCUT2D eigenvalue weighted by molar-refractivity contribution is -0.138. The zero-order valence-electron chi connectivity index (χ0n) is 10.8. The summed E-state index contributed by atoms with van der Waals surface area (Å²) in [5.74, 6) is -0.613. The molecule has 112 valence electrons. The molecule has 1 fully saturated rings. The van der Waals surface area contributed by atoms with E-state index in [0.29, 0.717) is 6.42 Å². The largest absolute Gasteiger partial charge is 0.416 e. The van der Waals surface area contributed by atoms with E-state index >= 15 is 0 Å². The highest BCUT2D eigenvalue weighted by Crippen LogP contribution is 2.46. The van der Waals surface area contributed by atoms with Crippen molar-refractivity contribution in [3.05, 3.63) is 35.4 Å². The Morgan fingerprint density at radius 2 is 2.00 bits per heavy atom. The van der Waals surface area contributed by atoms with Gasteiger partial charge in [0.05, 0.1) is 11.6 Å². The fraction of sp³-hybridized carbons (Fsp3) is 0.462. The standard InChI is InChI=1S/C13H15F3N2O.ClH/c1-7(17)12(19)18-11-6-9(11)8-4-2-3-5-10(8)13(14,15)16;/h2-5,7,9,11H,6,17H2,1H3,(H,18,19);1H/t7-,9?,11?;/m1./s1. The monoisotopic (exact) mass is 308 g/mol. The average Bonchev–Trinajstić information content (AvgIpc) is 3.07. The first kappa shape index (κ1) is 16.8. The van der Waals surface area contributed by atoms with Gasteiger partial charge in [-0.1, -0.05) is 18.2 Å². The molecular formula is C13H16ClF3N2O. The Bertz CT molecular complexity index is 491. The van der Waals surface area contributed by atoms with E-state index in [1.54, 1.807) is 6.07 Å². The highest BCUT2D eigenvalue weighted by Gasteiger charge is 2.44. The van der Waals surface area contributed by atoms with E-state index in [1.165, 1.54) is 19.1 Å². The first-order valence-corrected chi connectivity index (χ1v) is 6.02. The second-order valence-corrected chi connectivity index (χ2v) is 4.83. The van der Waals surface area contributed by atoms with Crippen LogP contribution in [0.4, 0.5) is 13.2 Å². The molecule has 0 spiro atoms. The first-order valence-electron chi connectivity index (χ1n) is 6.02. The van der Waals surface area contributed by atoms with Crippen molar-refractivity contribution < 1.29 is 18.0 Å². The lowest BCUT2D eigenvalue weighted by atomic mass is 10.0. The van der Waals surface area contributed by atoms with Crippen LogP contribution in [0.15, 0.2) is 24.3 Å². The summed E-state index contributed by atoms with van der Waals surface area (Å²) in [7, 11) is 0. The van der Waals surface area contributed by atoms with Crippen molar-refractivity contribution in [1.82, 2.24) is 5.32 Å². The van der Waals surface area contributed by atoms with E-state index in [9.17, 15) is 18.0 Å². The molecule has 1 saturated carbocycles. The SMILES string of the molecule is C[C@@H](N)C(=O)NC1CC1c1ccccc1C(F)(F)F.Cl. The number of amides is 1. The van der Waals surface area contributed by atoms with Crippen LogP contribution in [-0.2, 0) is 11.0 Å². The molecule has 2 unspecified atom stereocenters. The van der Waals surface area contributed by atoms with Gasteiger partial charge in [-0.3, -0.25) is 4.79 Å². The molecule has 3 N–H and O–H groups in total. The predicted molar refractivity (Wildman–Crippen MR) is 71.6 cm³/mol. The van der Waals surface area contributed by atoms with E-state index in [1.807, 2.05) is 0 Å².